The zero-order valence-corrected chi connectivity index (χ0v) is 16.2. The number of thiocarbonyl (C=S) groups is 1. The number of hydrogen-bond acceptors (Lipinski definition) is 7. The monoisotopic (exact) mass is 442 g/mol. The summed E-state index contributed by atoms with van der Waals surface area (Å²) in [4.78, 5) is 45.6. The van der Waals surface area contributed by atoms with Gasteiger partial charge in [0.1, 0.15) is 10.4 Å². The molecule has 146 valence electrons. The SMILES string of the molecule is O=C(O)CC(C(=O)O)N1C(=O)/C(=C\C(Cl)=C\c2ccc([N+](=O)[O-])cc2)SC1=S. The third-order valence-electron chi connectivity index (χ3n) is 3.47. The van der Waals surface area contributed by atoms with E-state index in [2.05, 4.69) is 0 Å². The molecule has 1 aromatic rings. The Morgan fingerprint density at radius 2 is 1.93 bits per heavy atom. The van der Waals surface area contributed by atoms with Crippen molar-refractivity contribution >= 4 is 69.5 Å². The van der Waals surface area contributed by atoms with Crippen LogP contribution in [0.15, 0.2) is 40.3 Å². The highest BCUT2D eigenvalue weighted by Crippen LogP contribution is 2.34. The number of hydrogen-bond donors (Lipinski definition) is 2. The molecule has 0 saturated carbocycles. The topological polar surface area (TPSA) is 138 Å². The van der Waals surface area contributed by atoms with Crippen LogP contribution < -0.4 is 0 Å². The van der Waals surface area contributed by atoms with E-state index < -0.39 is 35.2 Å². The van der Waals surface area contributed by atoms with Crippen LogP contribution in [0.2, 0.25) is 0 Å². The molecule has 0 radical (unpaired) electrons. The molecular weight excluding hydrogens is 432 g/mol. The fraction of sp³-hybridized carbons (Fsp3) is 0.125. The van der Waals surface area contributed by atoms with E-state index in [0.717, 1.165) is 16.7 Å². The highest BCUT2D eigenvalue weighted by atomic mass is 35.5. The van der Waals surface area contributed by atoms with E-state index in [1.54, 1.807) is 0 Å². The molecule has 1 heterocycles. The lowest BCUT2D eigenvalue weighted by atomic mass is 10.1. The van der Waals surface area contributed by atoms with Crippen molar-refractivity contribution in [3.63, 3.8) is 0 Å². The largest absolute Gasteiger partial charge is 0.481 e. The molecule has 1 atom stereocenters. The summed E-state index contributed by atoms with van der Waals surface area (Å²) in [5.74, 6) is -3.65. The summed E-state index contributed by atoms with van der Waals surface area (Å²) >= 11 is 11.9. The Morgan fingerprint density at radius 1 is 1.32 bits per heavy atom. The van der Waals surface area contributed by atoms with Gasteiger partial charge < -0.3 is 10.2 Å². The van der Waals surface area contributed by atoms with Crippen molar-refractivity contribution in [1.29, 1.82) is 0 Å². The summed E-state index contributed by atoms with van der Waals surface area (Å²) in [6.45, 7) is 0. The Morgan fingerprint density at radius 3 is 2.43 bits per heavy atom. The van der Waals surface area contributed by atoms with E-state index in [1.165, 1.54) is 36.4 Å². The average Bonchev–Trinajstić information content (AvgIpc) is 2.86. The molecule has 12 heteroatoms. The van der Waals surface area contributed by atoms with Gasteiger partial charge in [-0.1, -0.05) is 35.6 Å². The summed E-state index contributed by atoms with van der Waals surface area (Å²) in [5, 5.41) is 28.8. The van der Waals surface area contributed by atoms with E-state index >= 15 is 0 Å². The number of thioether (sulfide) groups is 1. The van der Waals surface area contributed by atoms with E-state index in [9.17, 15) is 29.6 Å². The van der Waals surface area contributed by atoms with Gasteiger partial charge >= 0.3 is 11.9 Å². The van der Waals surface area contributed by atoms with Gasteiger partial charge in [0, 0.05) is 17.2 Å². The molecule has 28 heavy (non-hydrogen) atoms. The van der Waals surface area contributed by atoms with Crippen molar-refractivity contribution in [2.45, 2.75) is 12.5 Å². The third kappa shape index (κ3) is 5.15. The van der Waals surface area contributed by atoms with Gasteiger partial charge in [0.15, 0.2) is 0 Å². The number of rotatable bonds is 7. The molecule has 9 nitrogen and oxygen atoms in total. The predicted molar refractivity (Wildman–Crippen MR) is 106 cm³/mol. The van der Waals surface area contributed by atoms with Crippen molar-refractivity contribution in [1.82, 2.24) is 4.90 Å². The Bertz CT molecular complexity index is 927. The quantitative estimate of drug-likeness (QED) is 0.282. The predicted octanol–water partition coefficient (Wildman–Crippen LogP) is 2.85. The van der Waals surface area contributed by atoms with E-state index in [0.29, 0.717) is 5.56 Å². The summed E-state index contributed by atoms with van der Waals surface area (Å²) < 4.78 is -0.0929. The highest BCUT2D eigenvalue weighted by Gasteiger charge is 2.41. The molecule has 0 bridgehead atoms. The van der Waals surface area contributed by atoms with Crippen LogP contribution in [0.5, 0.6) is 0 Å². The van der Waals surface area contributed by atoms with E-state index in [-0.39, 0.29) is 19.9 Å². The van der Waals surface area contributed by atoms with E-state index in [4.69, 9.17) is 28.9 Å². The molecule has 1 aliphatic heterocycles. The van der Waals surface area contributed by atoms with Crippen LogP contribution in [0.3, 0.4) is 0 Å². The molecular formula is C16H11ClN2O7S2. The molecule has 1 aromatic carbocycles. The second kappa shape index (κ2) is 8.95. The first-order chi connectivity index (χ1) is 13.1. The lowest BCUT2D eigenvalue weighted by molar-refractivity contribution is -0.384. The van der Waals surface area contributed by atoms with Crippen molar-refractivity contribution in [3.05, 3.63) is 56.0 Å². The van der Waals surface area contributed by atoms with Crippen LogP contribution in [0, 0.1) is 10.1 Å². The Balaban J connectivity index is 2.25. The summed E-state index contributed by atoms with van der Waals surface area (Å²) in [6, 6.07) is 3.88. The highest BCUT2D eigenvalue weighted by molar-refractivity contribution is 8.26. The van der Waals surface area contributed by atoms with Gasteiger partial charge in [0.25, 0.3) is 11.6 Å². The molecule has 1 aliphatic rings. The first-order valence-electron chi connectivity index (χ1n) is 7.43. The third-order valence-corrected chi connectivity index (χ3v) is 5.01. The number of carboxylic acids is 2. The number of allylic oxidation sites excluding steroid dienone is 2. The fourth-order valence-corrected chi connectivity index (χ4v) is 3.87. The van der Waals surface area contributed by atoms with Gasteiger partial charge in [-0.05, 0) is 29.8 Å². The summed E-state index contributed by atoms with van der Waals surface area (Å²) in [7, 11) is 0. The van der Waals surface area contributed by atoms with Crippen molar-refractivity contribution < 1.29 is 29.5 Å². The van der Waals surface area contributed by atoms with Crippen LogP contribution in [0.4, 0.5) is 5.69 Å². The van der Waals surface area contributed by atoms with Crippen molar-refractivity contribution in [2.24, 2.45) is 0 Å². The maximum Gasteiger partial charge on any atom is 0.327 e. The lowest BCUT2D eigenvalue weighted by Crippen LogP contribution is -2.45. The molecule has 1 unspecified atom stereocenters. The number of amides is 1. The first-order valence-corrected chi connectivity index (χ1v) is 9.03. The number of non-ortho nitro benzene ring substituents is 1. The molecule has 0 aromatic heterocycles. The zero-order valence-electron chi connectivity index (χ0n) is 13.8. The lowest BCUT2D eigenvalue weighted by Gasteiger charge is -2.21. The van der Waals surface area contributed by atoms with Gasteiger partial charge in [-0.2, -0.15) is 0 Å². The van der Waals surface area contributed by atoms with Gasteiger partial charge in [0.2, 0.25) is 0 Å². The standard InChI is InChI=1S/C16H11ClN2O7S2/c17-9(5-8-1-3-10(4-2-8)19(25)26)6-12-14(22)18(16(27)28-12)11(15(23)24)7-13(20)21/h1-6,11H,7H2,(H,20,21)(H,23,24)/b9-5-,12-6+. The zero-order chi connectivity index (χ0) is 21.0. The number of nitro groups is 1. The number of carboxylic acid groups (broad SMARTS) is 2. The summed E-state index contributed by atoms with van der Waals surface area (Å²) in [5.41, 5.74) is 0.448. The number of halogens is 1. The fourth-order valence-electron chi connectivity index (χ4n) is 2.22. The molecule has 1 fully saturated rings. The second-order valence-electron chi connectivity index (χ2n) is 5.38. The average molecular weight is 443 g/mol. The maximum atomic E-state index is 12.5. The van der Waals surface area contributed by atoms with Crippen LogP contribution in [0.25, 0.3) is 6.08 Å². The van der Waals surface area contributed by atoms with Gasteiger partial charge in [0.05, 0.1) is 16.2 Å². The number of nitrogens with zero attached hydrogens (tertiary/aromatic N) is 2. The first kappa shape index (κ1) is 21.5. The normalized spacial score (nSPS) is 17.1. The number of nitro benzene ring substituents is 1. The maximum absolute atomic E-state index is 12.5. The summed E-state index contributed by atoms with van der Waals surface area (Å²) in [6.07, 6.45) is 1.91. The molecule has 0 spiro atoms. The van der Waals surface area contributed by atoms with Gasteiger partial charge in [-0.15, -0.1) is 0 Å². The van der Waals surface area contributed by atoms with Crippen LogP contribution >= 0.6 is 35.6 Å². The van der Waals surface area contributed by atoms with Gasteiger partial charge in [-0.3, -0.25) is 24.6 Å². The minimum absolute atomic E-state index is 0.0322. The minimum atomic E-state index is -1.63. The van der Waals surface area contributed by atoms with Crippen LogP contribution in [0.1, 0.15) is 12.0 Å². The number of aliphatic carboxylic acids is 2. The van der Waals surface area contributed by atoms with Crippen LogP contribution in [-0.2, 0) is 14.4 Å². The molecule has 2 N–H and O–H groups in total. The number of benzene rings is 1. The Labute approximate surface area is 172 Å². The number of carbonyl (C=O) groups is 3. The van der Waals surface area contributed by atoms with Gasteiger partial charge in [-0.25, -0.2) is 4.79 Å². The molecule has 0 aliphatic carbocycles. The second-order valence-corrected chi connectivity index (χ2v) is 7.49. The number of carbonyl (C=O) groups excluding carboxylic acids is 1. The smallest absolute Gasteiger partial charge is 0.327 e. The molecule has 1 saturated heterocycles. The Kier molecular flexibility index (Phi) is 6.89. The van der Waals surface area contributed by atoms with E-state index in [1.807, 2.05) is 0 Å². The van der Waals surface area contributed by atoms with Crippen molar-refractivity contribution in [2.75, 3.05) is 0 Å². The molecule has 1 amide bonds. The Hall–Kier alpha value is -2.76. The van der Waals surface area contributed by atoms with Crippen molar-refractivity contribution in [3.8, 4) is 0 Å². The van der Waals surface area contributed by atoms with Crippen LogP contribution in [-0.4, -0.2) is 48.2 Å². The molecule has 2 rings (SSSR count). The minimum Gasteiger partial charge on any atom is -0.481 e.